The molecule has 1 aliphatic heterocycles. The molecule has 0 bridgehead atoms. The Hall–Kier alpha value is -3.40. The number of aryl methyl sites for hydroxylation is 1. The number of amides is 2. The van der Waals surface area contributed by atoms with Crippen LogP contribution >= 0.6 is 0 Å². The number of alkyl halides is 3. The summed E-state index contributed by atoms with van der Waals surface area (Å²) in [6.07, 6.45) is -3.42. The zero-order chi connectivity index (χ0) is 25.4. The molecule has 0 aliphatic carbocycles. The summed E-state index contributed by atoms with van der Waals surface area (Å²) >= 11 is 0. The van der Waals surface area contributed by atoms with Crippen LogP contribution in [0.5, 0.6) is 5.75 Å². The normalized spacial score (nSPS) is 14.5. The number of anilines is 1. The highest BCUT2D eigenvalue weighted by atomic mass is 19.4. The minimum absolute atomic E-state index is 0.0688. The van der Waals surface area contributed by atoms with Crippen molar-refractivity contribution < 1.29 is 32.3 Å². The van der Waals surface area contributed by atoms with Crippen molar-refractivity contribution in [3.8, 4) is 5.75 Å². The summed E-state index contributed by atoms with van der Waals surface area (Å²) in [6, 6.07) is 12.1. The highest BCUT2D eigenvalue weighted by Crippen LogP contribution is 2.34. The summed E-state index contributed by atoms with van der Waals surface area (Å²) in [5.74, 6) is -0.0479. The van der Waals surface area contributed by atoms with Gasteiger partial charge in [0.05, 0.1) is 17.8 Å². The molecule has 0 unspecified atom stereocenters. The van der Waals surface area contributed by atoms with Crippen LogP contribution in [0.15, 0.2) is 48.5 Å². The number of carbonyl (C=O) groups is 3. The molecule has 2 aromatic carbocycles. The zero-order valence-electron chi connectivity index (χ0n) is 19.4. The van der Waals surface area contributed by atoms with Crippen LogP contribution in [0.2, 0.25) is 0 Å². The van der Waals surface area contributed by atoms with Crippen LogP contribution in [0.25, 0.3) is 0 Å². The zero-order valence-corrected chi connectivity index (χ0v) is 19.4. The fraction of sp³-hybridized carbons (Fsp3) is 0.400. The van der Waals surface area contributed by atoms with Crippen molar-refractivity contribution in [2.75, 3.05) is 44.6 Å². The summed E-state index contributed by atoms with van der Waals surface area (Å²) in [4.78, 5) is 39.3. The predicted octanol–water partition coefficient (Wildman–Crippen LogP) is 3.39. The molecule has 0 aromatic heterocycles. The Morgan fingerprint density at radius 3 is 2.26 bits per heavy atom. The van der Waals surface area contributed by atoms with Gasteiger partial charge in [0.2, 0.25) is 5.91 Å². The molecular formula is C25H28F3N3O4. The number of halogens is 3. The predicted molar refractivity (Wildman–Crippen MR) is 124 cm³/mol. The Kier molecular flexibility index (Phi) is 8.86. The Bertz CT molecular complexity index is 1030. The van der Waals surface area contributed by atoms with Gasteiger partial charge in [-0.1, -0.05) is 24.3 Å². The number of Topliss-reactive ketones (excluding diaryl/α,β-unsaturated/α-hetero) is 1. The van der Waals surface area contributed by atoms with Crippen molar-refractivity contribution >= 4 is 23.3 Å². The van der Waals surface area contributed by atoms with Gasteiger partial charge in [0.1, 0.15) is 11.5 Å². The van der Waals surface area contributed by atoms with Gasteiger partial charge in [-0.25, -0.2) is 0 Å². The number of hydrogen-bond donors (Lipinski definition) is 1. The van der Waals surface area contributed by atoms with Gasteiger partial charge < -0.3 is 19.7 Å². The lowest BCUT2D eigenvalue weighted by molar-refractivity contribution is -0.137. The standard InChI is InChI=1S/C25H28F3N3O4/c1-18(32)6-7-19-8-10-20(11-9-19)35-17-24(34)31-14-12-30(13-15-31)16-23(33)29-22-5-3-2-4-21(22)25(26,27)28/h2-5,8-11H,6-7,12-17H2,1H3,(H,29,33). The van der Waals surface area contributed by atoms with Crippen molar-refractivity contribution in [1.82, 2.24) is 9.80 Å². The van der Waals surface area contributed by atoms with Crippen LogP contribution in [0.1, 0.15) is 24.5 Å². The number of benzene rings is 2. The number of carbonyl (C=O) groups excluding carboxylic acids is 3. The van der Waals surface area contributed by atoms with Crippen molar-refractivity contribution in [3.05, 3.63) is 59.7 Å². The molecule has 7 nitrogen and oxygen atoms in total. The Morgan fingerprint density at radius 1 is 0.971 bits per heavy atom. The molecule has 0 spiro atoms. The quantitative estimate of drug-likeness (QED) is 0.582. The Balaban J connectivity index is 1.41. The maximum atomic E-state index is 13.1. The van der Waals surface area contributed by atoms with E-state index in [0.717, 1.165) is 11.6 Å². The lowest BCUT2D eigenvalue weighted by Gasteiger charge is -2.34. The molecule has 0 atom stereocenters. The van der Waals surface area contributed by atoms with Gasteiger partial charge in [0.15, 0.2) is 6.61 Å². The molecule has 1 heterocycles. The average Bonchev–Trinajstić information content (AvgIpc) is 2.82. The van der Waals surface area contributed by atoms with Crippen LogP contribution in [-0.2, 0) is 27.0 Å². The summed E-state index contributed by atoms with van der Waals surface area (Å²) in [7, 11) is 0. The Labute approximate surface area is 201 Å². The highest BCUT2D eigenvalue weighted by Gasteiger charge is 2.33. The number of ether oxygens (including phenoxy) is 1. The van der Waals surface area contributed by atoms with Gasteiger partial charge >= 0.3 is 6.18 Å². The summed E-state index contributed by atoms with van der Waals surface area (Å²) in [6.45, 7) is 2.98. The van der Waals surface area contributed by atoms with E-state index in [1.165, 1.54) is 18.2 Å². The first-order valence-electron chi connectivity index (χ1n) is 11.3. The number of nitrogens with one attached hydrogen (secondary N) is 1. The van der Waals surface area contributed by atoms with E-state index in [-0.39, 0.29) is 30.5 Å². The van der Waals surface area contributed by atoms with Crippen molar-refractivity contribution in [2.24, 2.45) is 0 Å². The van der Waals surface area contributed by atoms with E-state index in [4.69, 9.17) is 4.74 Å². The topological polar surface area (TPSA) is 79.0 Å². The number of para-hydroxylation sites is 1. The molecule has 1 aliphatic rings. The van der Waals surface area contributed by atoms with Gasteiger partial charge in [-0.15, -0.1) is 0 Å². The molecule has 2 amide bonds. The van der Waals surface area contributed by atoms with Crippen LogP contribution in [0, 0.1) is 0 Å². The molecule has 0 radical (unpaired) electrons. The first-order valence-corrected chi connectivity index (χ1v) is 11.3. The third-order valence-corrected chi connectivity index (χ3v) is 5.65. The molecule has 0 saturated carbocycles. The van der Waals surface area contributed by atoms with Crippen LogP contribution < -0.4 is 10.1 Å². The second-order valence-electron chi connectivity index (χ2n) is 8.38. The lowest BCUT2D eigenvalue weighted by Crippen LogP contribution is -2.51. The largest absolute Gasteiger partial charge is 0.484 e. The molecule has 2 aromatic rings. The molecule has 1 saturated heterocycles. The van der Waals surface area contributed by atoms with Gasteiger partial charge in [-0.05, 0) is 43.2 Å². The molecule has 10 heteroatoms. The maximum Gasteiger partial charge on any atom is 0.418 e. The van der Waals surface area contributed by atoms with Crippen LogP contribution in [0.4, 0.5) is 18.9 Å². The van der Waals surface area contributed by atoms with E-state index in [2.05, 4.69) is 5.32 Å². The second-order valence-corrected chi connectivity index (χ2v) is 8.38. The Morgan fingerprint density at radius 2 is 1.63 bits per heavy atom. The number of rotatable bonds is 9. The smallest absolute Gasteiger partial charge is 0.418 e. The van der Waals surface area contributed by atoms with Gasteiger partial charge in [0, 0.05) is 32.6 Å². The maximum absolute atomic E-state index is 13.1. The summed E-state index contributed by atoms with van der Waals surface area (Å²) in [5, 5.41) is 2.34. The number of piperazine rings is 1. The van der Waals surface area contributed by atoms with Crippen molar-refractivity contribution in [1.29, 1.82) is 0 Å². The van der Waals surface area contributed by atoms with E-state index in [9.17, 15) is 27.6 Å². The van der Waals surface area contributed by atoms with Crippen LogP contribution in [0.3, 0.4) is 0 Å². The van der Waals surface area contributed by atoms with E-state index in [0.29, 0.717) is 44.8 Å². The van der Waals surface area contributed by atoms with Gasteiger partial charge in [0.25, 0.3) is 5.91 Å². The summed E-state index contributed by atoms with van der Waals surface area (Å²) < 4.78 is 44.9. The molecular weight excluding hydrogens is 463 g/mol. The molecule has 1 fully saturated rings. The van der Waals surface area contributed by atoms with Crippen molar-refractivity contribution in [2.45, 2.75) is 25.9 Å². The molecule has 35 heavy (non-hydrogen) atoms. The number of hydrogen-bond acceptors (Lipinski definition) is 5. The monoisotopic (exact) mass is 491 g/mol. The van der Waals surface area contributed by atoms with E-state index in [1.54, 1.807) is 28.9 Å². The first-order chi connectivity index (χ1) is 16.6. The number of nitrogens with zero attached hydrogens (tertiary/aromatic N) is 2. The molecule has 3 rings (SSSR count). The van der Waals surface area contributed by atoms with Crippen molar-refractivity contribution in [3.63, 3.8) is 0 Å². The second kappa shape index (κ2) is 11.8. The minimum atomic E-state index is -4.56. The van der Waals surface area contributed by atoms with E-state index >= 15 is 0 Å². The summed E-state index contributed by atoms with van der Waals surface area (Å²) in [5.41, 5.74) is -0.154. The minimum Gasteiger partial charge on any atom is -0.484 e. The first kappa shape index (κ1) is 26.2. The van der Waals surface area contributed by atoms with E-state index in [1.807, 2.05) is 12.1 Å². The molecule has 188 valence electrons. The highest BCUT2D eigenvalue weighted by molar-refractivity contribution is 5.93. The third-order valence-electron chi connectivity index (χ3n) is 5.65. The van der Waals surface area contributed by atoms with Gasteiger partial charge in [-0.3, -0.25) is 14.5 Å². The van der Waals surface area contributed by atoms with Gasteiger partial charge in [-0.2, -0.15) is 13.2 Å². The fourth-order valence-electron chi connectivity index (χ4n) is 3.70. The fourth-order valence-corrected chi connectivity index (χ4v) is 3.70. The molecule has 1 N–H and O–H groups in total. The average molecular weight is 492 g/mol. The SMILES string of the molecule is CC(=O)CCc1ccc(OCC(=O)N2CCN(CC(=O)Nc3ccccc3C(F)(F)F)CC2)cc1. The number of ketones is 1. The third kappa shape index (κ3) is 8.10. The van der Waals surface area contributed by atoms with Crippen LogP contribution in [-0.4, -0.2) is 66.7 Å². The van der Waals surface area contributed by atoms with E-state index < -0.39 is 17.6 Å². The lowest BCUT2D eigenvalue weighted by atomic mass is 10.1.